The third kappa shape index (κ3) is 3.47. The molecule has 0 bridgehead atoms. The minimum Gasteiger partial charge on any atom is -0.407 e. The molecule has 0 spiro atoms. The van der Waals surface area contributed by atoms with Crippen LogP contribution in [0.5, 0.6) is 5.88 Å². The van der Waals surface area contributed by atoms with E-state index in [9.17, 15) is 4.79 Å². The Balaban J connectivity index is 1.79. The van der Waals surface area contributed by atoms with Gasteiger partial charge in [0.25, 0.3) is 0 Å². The van der Waals surface area contributed by atoms with Crippen LogP contribution in [0.3, 0.4) is 0 Å². The molecular weight excluding hydrogens is 348 g/mol. The highest BCUT2D eigenvalue weighted by Crippen LogP contribution is 2.37. The van der Waals surface area contributed by atoms with Gasteiger partial charge in [-0.1, -0.05) is 48.5 Å². The van der Waals surface area contributed by atoms with Crippen molar-refractivity contribution in [1.29, 1.82) is 0 Å². The zero-order valence-electron chi connectivity index (χ0n) is 16.7. The first-order valence-electron chi connectivity index (χ1n) is 9.99. The number of fused-ring (bicyclic) bond motifs is 1. The van der Waals surface area contributed by atoms with Crippen LogP contribution in [0.2, 0.25) is 0 Å². The van der Waals surface area contributed by atoms with Gasteiger partial charge in [-0.15, -0.1) is 0 Å². The molecule has 1 unspecified atom stereocenters. The lowest BCUT2D eigenvalue weighted by Gasteiger charge is -2.20. The molecule has 28 heavy (non-hydrogen) atoms. The van der Waals surface area contributed by atoms with Crippen molar-refractivity contribution in [3.63, 3.8) is 0 Å². The molecular formula is C24H26N2O2. The zero-order chi connectivity index (χ0) is 19.7. The maximum atomic E-state index is 11.8. The number of nitrogens with zero attached hydrogens (tertiary/aromatic N) is 2. The molecule has 0 radical (unpaired) electrons. The molecule has 2 aromatic carbocycles. The minimum atomic E-state index is -0.337. The van der Waals surface area contributed by atoms with Crippen LogP contribution >= 0.6 is 0 Å². The van der Waals surface area contributed by atoms with Crippen molar-refractivity contribution in [3.8, 4) is 17.0 Å². The zero-order valence-corrected chi connectivity index (χ0v) is 16.7. The average Bonchev–Trinajstić information content (AvgIpc) is 3.02. The molecule has 0 fully saturated rings. The van der Waals surface area contributed by atoms with E-state index in [4.69, 9.17) is 9.84 Å². The quantitative estimate of drug-likeness (QED) is 0.584. The molecule has 1 aliphatic rings. The Morgan fingerprint density at radius 2 is 1.79 bits per heavy atom. The second kappa shape index (κ2) is 7.63. The number of esters is 1. The summed E-state index contributed by atoms with van der Waals surface area (Å²) >= 11 is 0. The summed E-state index contributed by atoms with van der Waals surface area (Å²) in [5.74, 6) is 0.178. The van der Waals surface area contributed by atoms with Gasteiger partial charge >= 0.3 is 5.97 Å². The smallest absolute Gasteiger partial charge is 0.309 e. The number of hydrogen-bond acceptors (Lipinski definition) is 3. The highest BCUT2D eigenvalue weighted by Gasteiger charge is 2.24. The SMILES string of the molecule is CC(=O)Oc1c(-c2ccccc2)c(C)nn1C(C)c1ccc2c(c1)CCCC2. The monoisotopic (exact) mass is 374 g/mol. The number of rotatable bonds is 4. The molecule has 144 valence electrons. The molecule has 4 rings (SSSR count). The molecule has 4 nitrogen and oxygen atoms in total. The Labute approximate surface area is 166 Å². The second-order valence-electron chi connectivity index (χ2n) is 7.58. The number of aryl methyl sites for hydroxylation is 3. The summed E-state index contributed by atoms with van der Waals surface area (Å²) in [4.78, 5) is 11.8. The van der Waals surface area contributed by atoms with Gasteiger partial charge < -0.3 is 4.74 Å². The summed E-state index contributed by atoms with van der Waals surface area (Å²) < 4.78 is 7.52. The van der Waals surface area contributed by atoms with E-state index >= 15 is 0 Å². The Kier molecular flexibility index (Phi) is 5.03. The summed E-state index contributed by atoms with van der Waals surface area (Å²) in [6.45, 7) is 5.51. The van der Waals surface area contributed by atoms with E-state index in [-0.39, 0.29) is 12.0 Å². The minimum absolute atomic E-state index is 0.0299. The lowest BCUT2D eigenvalue weighted by Crippen LogP contribution is -2.14. The van der Waals surface area contributed by atoms with Crippen molar-refractivity contribution in [1.82, 2.24) is 9.78 Å². The molecule has 0 aliphatic heterocycles. The number of hydrogen-bond donors (Lipinski definition) is 0. The largest absolute Gasteiger partial charge is 0.407 e. The molecule has 1 atom stereocenters. The lowest BCUT2D eigenvalue weighted by molar-refractivity contribution is -0.132. The van der Waals surface area contributed by atoms with Gasteiger partial charge in [0.05, 0.1) is 17.3 Å². The Bertz CT molecular complexity index is 1000. The van der Waals surface area contributed by atoms with Gasteiger partial charge in [0.2, 0.25) is 5.88 Å². The van der Waals surface area contributed by atoms with Crippen molar-refractivity contribution in [2.24, 2.45) is 0 Å². The number of benzene rings is 2. The number of ether oxygens (including phenoxy) is 1. The van der Waals surface area contributed by atoms with Crippen LogP contribution in [-0.2, 0) is 17.6 Å². The molecule has 1 aliphatic carbocycles. The van der Waals surface area contributed by atoms with Crippen molar-refractivity contribution in [2.45, 2.75) is 52.5 Å². The van der Waals surface area contributed by atoms with Gasteiger partial charge in [-0.2, -0.15) is 5.10 Å². The maximum Gasteiger partial charge on any atom is 0.309 e. The first kappa shape index (κ1) is 18.5. The van der Waals surface area contributed by atoms with Crippen LogP contribution in [0, 0.1) is 6.92 Å². The number of aromatic nitrogens is 2. The molecule has 3 aromatic rings. The third-order valence-corrected chi connectivity index (χ3v) is 5.57. The Hall–Kier alpha value is -2.88. The molecule has 4 heteroatoms. The van der Waals surface area contributed by atoms with E-state index in [2.05, 4.69) is 25.1 Å². The van der Waals surface area contributed by atoms with E-state index in [0.717, 1.165) is 23.2 Å². The summed E-state index contributed by atoms with van der Waals surface area (Å²) in [7, 11) is 0. The van der Waals surface area contributed by atoms with Crippen molar-refractivity contribution < 1.29 is 9.53 Å². The van der Waals surface area contributed by atoms with E-state index in [1.807, 2.05) is 41.9 Å². The molecule has 0 saturated carbocycles. The first-order valence-corrected chi connectivity index (χ1v) is 9.99. The second-order valence-corrected chi connectivity index (χ2v) is 7.58. The lowest BCUT2D eigenvalue weighted by atomic mass is 9.89. The molecule has 0 amide bonds. The number of carbonyl (C=O) groups excluding carboxylic acids is 1. The van der Waals surface area contributed by atoms with Gasteiger partial charge in [0, 0.05) is 6.92 Å². The predicted molar refractivity (Wildman–Crippen MR) is 111 cm³/mol. The van der Waals surface area contributed by atoms with Gasteiger partial charge in [-0.25, -0.2) is 4.68 Å². The van der Waals surface area contributed by atoms with Crippen LogP contribution in [0.15, 0.2) is 48.5 Å². The highest BCUT2D eigenvalue weighted by atomic mass is 16.5. The summed E-state index contributed by atoms with van der Waals surface area (Å²) in [6, 6.07) is 16.7. The van der Waals surface area contributed by atoms with Crippen molar-refractivity contribution in [3.05, 3.63) is 70.9 Å². The fourth-order valence-corrected chi connectivity index (χ4v) is 4.11. The van der Waals surface area contributed by atoms with Gasteiger partial charge in [-0.05, 0) is 61.8 Å². The predicted octanol–water partition coefficient (Wildman–Crippen LogP) is 5.27. The van der Waals surface area contributed by atoms with E-state index < -0.39 is 0 Å². The molecule has 0 N–H and O–H groups in total. The Morgan fingerprint density at radius 1 is 1.07 bits per heavy atom. The third-order valence-electron chi connectivity index (χ3n) is 5.57. The van der Waals surface area contributed by atoms with Gasteiger partial charge in [-0.3, -0.25) is 4.79 Å². The maximum absolute atomic E-state index is 11.8. The highest BCUT2D eigenvalue weighted by molar-refractivity contribution is 5.77. The number of carbonyl (C=O) groups is 1. The summed E-state index contributed by atoms with van der Waals surface area (Å²) in [5.41, 5.74) is 6.82. The summed E-state index contributed by atoms with van der Waals surface area (Å²) in [5, 5.41) is 4.77. The van der Waals surface area contributed by atoms with E-state index in [0.29, 0.717) is 5.88 Å². The molecule has 1 heterocycles. The van der Waals surface area contributed by atoms with Crippen molar-refractivity contribution in [2.75, 3.05) is 0 Å². The topological polar surface area (TPSA) is 44.1 Å². The van der Waals surface area contributed by atoms with Gasteiger partial charge in [0.1, 0.15) is 0 Å². The Morgan fingerprint density at radius 3 is 2.50 bits per heavy atom. The first-order chi connectivity index (χ1) is 13.5. The normalized spacial score (nSPS) is 14.4. The average molecular weight is 374 g/mol. The summed E-state index contributed by atoms with van der Waals surface area (Å²) in [6.07, 6.45) is 4.83. The molecule has 1 aromatic heterocycles. The van der Waals surface area contributed by atoms with Crippen LogP contribution in [0.4, 0.5) is 0 Å². The van der Waals surface area contributed by atoms with Crippen LogP contribution in [0.25, 0.3) is 11.1 Å². The fourth-order valence-electron chi connectivity index (χ4n) is 4.11. The van der Waals surface area contributed by atoms with E-state index in [1.54, 1.807) is 0 Å². The fraction of sp³-hybridized carbons (Fsp3) is 0.333. The van der Waals surface area contributed by atoms with Crippen LogP contribution in [0.1, 0.15) is 55.1 Å². The standard InChI is InChI=1S/C24H26N2O2/c1-16-23(20-10-5-4-6-11-20)24(28-18(3)27)26(25-16)17(2)21-14-13-19-9-7-8-12-22(19)15-21/h4-6,10-11,13-15,17H,7-9,12H2,1-3H3. The van der Waals surface area contributed by atoms with E-state index in [1.165, 1.54) is 42.9 Å². The van der Waals surface area contributed by atoms with Crippen LogP contribution < -0.4 is 4.74 Å². The van der Waals surface area contributed by atoms with Gasteiger partial charge in [0.15, 0.2) is 0 Å². The van der Waals surface area contributed by atoms with Crippen molar-refractivity contribution >= 4 is 5.97 Å². The molecule has 0 saturated heterocycles. The van der Waals surface area contributed by atoms with Crippen LogP contribution in [-0.4, -0.2) is 15.7 Å².